The van der Waals surface area contributed by atoms with Crippen molar-refractivity contribution in [3.63, 3.8) is 0 Å². The normalized spacial score (nSPS) is 19.3. The topological polar surface area (TPSA) is 92.5 Å². The fourth-order valence-corrected chi connectivity index (χ4v) is 4.06. The van der Waals surface area contributed by atoms with E-state index in [2.05, 4.69) is 5.32 Å². The molecular weight excluding hydrogens is 326 g/mol. The number of hydrogen-bond donors (Lipinski definition) is 2. The van der Waals surface area contributed by atoms with Gasteiger partial charge in [0.15, 0.2) is 0 Å². The van der Waals surface area contributed by atoms with E-state index < -0.39 is 10.0 Å². The maximum absolute atomic E-state index is 12.6. The third-order valence-electron chi connectivity index (χ3n) is 3.80. The van der Waals surface area contributed by atoms with E-state index in [1.54, 1.807) is 0 Å². The fourth-order valence-electron chi connectivity index (χ4n) is 2.51. The Morgan fingerprint density at radius 3 is 2.55 bits per heavy atom. The van der Waals surface area contributed by atoms with Gasteiger partial charge in [-0.1, -0.05) is 0 Å². The predicted octanol–water partition coefficient (Wildman–Crippen LogP) is 0.827. The molecule has 1 heterocycles. The minimum atomic E-state index is -3.51. The van der Waals surface area contributed by atoms with Crippen molar-refractivity contribution in [2.45, 2.75) is 17.7 Å². The van der Waals surface area contributed by atoms with E-state index in [1.807, 2.05) is 0 Å². The Hall–Kier alpha value is -1.15. The average Bonchev–Trinajstić information content (AvgIpc) is 2.54. The smallest absolute Gasteiger partial charge is 0.251 e. The molecule has 1 saturated heterocycles. The van der Waals surface area contributed by atoms with E-state index in [-0.39, 0.29) is 29.1 Å². The van der Waals surface area contributed by atoms with Gasteiger partial charge in [-0.25, -0.2) is 8.42 Å². The Morgan fingerprint density at radius 2 is 2.00 bits per heavy atom. The van der Waals surface area contributed by atoms with Crippen LogP contribution in [0.25, 0.3) is 0 Å². The Balaban J connectivity index is 0.00000242. The van der Waals surface area contributed by atoms with Crippen LogP contribution in [0, 0.1) is 5.92 Å². The molecule has 0 bridgehead atoms. The molecule has 1 amide bonds. The Kier molecular flexibility index (Phi) is 6.80. The number of carbonyl (C=O) groups is 1. The molecule has 1 aromatic carbocycles. The lowest BCUT2D eigenvalue weighted by atomic mass is 10.0. The molecule has 1 atom stereocenters. The number of sulfonamides is 1. The first-order chi connectivity index (χ1) is 9.98. The minimum Gasteiger partial charge on any atom is -0.355 e. The van der Waals surface area contributed by atoms with Crippen LogP contribution in [0.4, 0.5) is 0 Å². The van der Waals surface area contributed by atoms with Crippen molar-refractivity contribution in [1.29, 1.82) is 0 Å². The third-order valence-corrected chi connectivity index (χ3v) is 5.68. The molecular formula is C14H22ClN3O3S. The highest BCUT2D eigenvalue weighted by molar-refractivity contribution is 7.89. The average molecular weight is 348 g/mol. The number of nitrogens with one attached hydrogen (secondary N) is 1. The number of nitrogens with zero attached hydrogens (tertiary/aromatic N) is 1. The number of benzene rings is 1. The van der Waals surface area contributed by atoms with E-state index in [0.717, 1.165) is 12.8 Å². The second-order valence-electron chi connectivity index (χ2n) is 5.21. The minimum absolute atomic E-state index is 0. The van der Waals surface area contributed by atoms with Crippen molar-refractivity contribution in [3.05, 3.63) is 29.8 Å². The highest BCUT2D eigenvalue weighted by Crippen LogP contribution is 2.23. The summed E-state index contributed by atoms with van der Waals surface area (Å²) in [4.78, 5) is 11.7. The van der Waals surface area contributed by atoms with E-state index in [1.165, 1.54) is 35.6 Å². The molecule has 1 aliphatic heterocycles. The summed E-state index contributed by atoms with van der Waals surface area (Å²) in [6.07, 6.45) is 1.80. The van der Waals surface area contributed by atoms with Crippen LogP contribution in [0.1, 0.15) is 23.2 Å². The highest BCUT2D eigenvalue weighted by atomic mass is 35.5. The molecule has 1 fully saturated rings. The lowest BCUT2D eigenvalue weighted by Gasteiger charge is -2.31. The van der Waals surface area contributed by atoms with Gasteiger partial charge in [-0.2, -0.15) is 4.31 Å². The number of amides is 1. The van der Waals surface area contributed by atoms with Gasteiger partial charge in [0.25, 0.3) is 5.91 Å². The van der Waals surface area contributed by atoms with Gasteiger partial charge in [0, 0.05) is 25.7 Å². The zero-order valence-electron chi connectivity index (χ0n) is 12.5. The summed E-state index contributed by atoms with van der Waals surface area (Å²) in [6, 6.07) is 6.00. The molecule has 1 aromatic rings. The summed E-state index contributed by atoms with van der Waals surface area (Å²) < 4.78 is 26.7. The molecule has 0 saturated carbocycles. The van der Waals surface area contributed by atoms with Crippen LogP contribution in [-0.4, -0.2) is 45.3 Å². The van der Waals surface area contributed by atoms with E-state index in [9.17, 15) is 13.2 Å². The van der Waals surface area contributed by atoms with Crippen LogP contribution in [0.15, 0.2) is 29.2 Å². The zero-order chi connectivity index (χ0) is 15.5. The van der Waals surface area contributed by atoms with Crippen molar-refractivity contribution in [3.8, 4) is 0 Å². The largest absolute Gasteiger partial charge is 0.355 e. The molecule has 0 aliphatic carbocycles. The monoisotopic (exact) mass is 347 g/mol. The molecule has 0 aromatic heterocycles. The van der Waals surface area contributed by atoms with Gasteiger partial charge < -0.3 is 11.1 Å². The van der Waals surface area contributed by atoms with Crippen LogP contribution in [0.5, 0.6) is 0 Å². The summed E-state index contributed by atoms with van der Waals surface area (Å²) >= 11 is 0. The van der Waals surface area contributed by atoms with Crippen molar-refractivity contribution in [2.75, 3.05) is 26.7 Å². The molecule has 0 radical (unpaired) electrons. The van der Waals surface area contributed by atoms with Crippen LogP contribution >= 0.6 is 12.4 Å². The standard InChI is InChI=1S/C14H21N3O3S.ClH/c1-16-14(18)12-4-6-13(7-5-12)21(19,20)17-8-2-3-11(9-15)10-17;/h4-7,11H,2-3,8-10,15H2,1H3,(H,16,18);1H. The second kappa shape index (κ2) is 7.92. The third kappa shape index (κ3) is 3.98. The molecule has 2 rings (SSSR count). The number of nitrogens with two attached hydrogens (primary N) is 1. The summed E-state index contributed by atoms with van der Waals surface area (Å²) in [7, 11) is -1.97. The van der Waals surface area contributed by atoms with Gasteiger partial charge in [-0.3, -0.25) is 4.79 Å². The molecule has 124 valence electrons. The Labute approximate surface area is 137 Å². The molecule has 3 N–H and O–H groups in total. The van der Waals surface area contributed by atoms with Gasteiger partial charge >= 0.3 is 0 Å². The summed E-state index contributed by atoms with van der Waals surface area (Å²) in [5.41, 5.74) is 6.09. The lowest BCUT2D eigenvalue weighted by molar-refractivity contribution is 0.0963. The maximum Gasteiger partial charge on any atom is 0.251 e. The van der Waals surface area contributed by atoms with Crippen molar-refractivity contribution < 1.29 is 13.2 Å². The Morgan fingerprint density at radius 1 is 1.36 bits per heavy atom. The molecule has 1 aliphatic rings. The summed E-state index contributed by atoms with van der Waals surface area (Å²) in [6.45, 7) is 1.49. The van der Waals surface area contributed by atoms with Gasteiger partial charge in [0.05, 0.1) is 4.90 Å². The maximum atomic E-state index is 12.6. The highest BCUT2D eigenvalue weighted by Gasteiger charge is 2.29. The fraction of sp³-hybridized carbons (Fsp3) is 0.500. The second-order valence-corrected chi connectivity index (χ2v) is 7.15. The van der Waals surface area contributed by atoms with E-state index in [0.29, 0.717) is 25.2 Å². The molecule has 1 unspecified atom stereocenters. The zero-order valence-corrected chi connectivity index (χ0v) is 14.1. The first-order valence-electron chi connectivity index (χ1n) is 7.01. The van der Waals surface area contributed by atoms with E-state index in [4.69, 9.17) is 5.73 Å². The number of piperidine rings is 1. The van der Waals surface area contributed by atoms with Crippen LogP contribution < -0.4 is 11.1 Å². The number of halogens is 1. The van der Waals surface area contributed by atoms with Gasteiger partial charge in [-0.15, -0.1) is 12.4 Å². The number of rotatable bonds is 4. The molecule has 0 spiro atoms. The van der Waals surface area contributed by atoms with E-state index >= 15 is 0 Å². The first-order valence-corrected chi connectivity index (χ1v) is 8.45. The molecule has 8 heteroatoms. The quantitative estimate of drug-likeness (QED) is 0.843. The summed E-state index contributed by atoms with van der Waals surface area (Å²) in [5, 5.41) is 2.50. The predicted molar refractivity (Wildman–Crippen MR) is 87.6 cm³/mol. The van der Waals surface area contributed by atoms with Crippen molar-refractivity contribution in [1.82, 2.24) is 9.62 Å². The van der Waals surface area contributed by atoms with Gasteiger partial charge in [-0.05, 0) is 49.6 Å². The van der Waals surface area contributed by atoms with Crippen LogP contribution in [-0.2, 0) is 10.0 Å². The SMILES string of the molecule is CNC(=O)c1ccc(S(=O)(=O)N2CCCC(CN)C2)cc1.Cl. The molecule has 6 nitrogen and oxygen atoms in total. The Bertz CT molecular complexity index is 604. The van der Waals surface area contributed by atoms with Crippen LogP contribution in [0.3, 0.4) is 0 Å². The van der Waals surface area contributed by atoms with Crippen LogP contribution in [0.2, 0.25) is 0 Å². The van der Waals surface area contributed by atoms with Gasteiger partial charge in [0.1, 0.15) is 0 Å². The van der Waals surface area contributed by atoms with Gasteiger partial charge in [0.2, 0.25) is 10.0 Å². The molecule has 22 heavy (non-hydrogen) atoms. The first kappa shape index (κ1) is 18.9. The number of carbonyl (C=O) groups excluding carboxylic acids is 1. The van der Waals surface area contributed by atoms with Crippen molar-refractivity contribution in [2.24, 2.45) is 11.7 Å². The number of hydrogen-bond acceptors (Lipinski definition) is 4. The van der Waals surface area contributed by atoms with Crippen molar-refractivity contribution >= 4 is 28.3 Å². The summed E-state index contributed by atoms with van der Waals surface area (Å²) in [5.74, 6) is -0.0150. The lowest BCUT2D eigenvalue weighted by Crippen LogP contribution is -2.41.